The van der Waals surface area contributed by atoms with Gasteiger partial charge in [-0.05, 0) is 21.0 Å². The van der Waals surface area contributed by atoms with Crippen LogP contribution >= 0.6 is 0 Å². The highest BCUT2D eigenvalue weighted by Gasteiger charge is 2.12. The second-order valence-corrected chi connectivity index (χ2v) is 3.59. The standard InChI is InChI=1S/C9H22N2O2/c1-9(8-10(2)3)11(4-6-12)5-7-13/h9,12-13H,4-8H2,1-3H3. The monoisotopic (exact) mass is 190 g/mol. The molecule has 0 heterocycles. The largest absolute Gasteiger partial charge is 0.395 e. The van der Waals surface area contributed by atoms with E-state index >= 15 is 0 Å². The van der Waals surface area contributed by atoms with E-state index in [0.717, 1.165) is 6.54 Å². The number of hydrogen-bond donors (Lipinski definition) is 2. The first-order chi connectivity index (χ1) is 6.11. The van der Waals surface area contributed by atoms with Gasteiger partial charge in [0.15, 0.2) is 0 Å². The van der Waals surface area contributed by atoms with Crippen LogP contribution in [-0.2, 0) is 0 Å². The van der Waals surface area contributed by atoms with Gasteiger partial charge in [-0.25, -0.2) is 0 Å². The van der Waals surface area contributed by atoms with Crippen LogP contribution in [-0.4, -0.2) is 73.0 Å². The minimum absolute atomic E-state index is 0.151. The maximum atomic E-state index is 8.81. The molecule has 0 saturated heterocycles. The predicted molar refractivity (Wildman–Crippen MR) is 53.8 cm³/mol. The molecule has 0 radical (unpaired) electrons. The topological polar surface area (TPSA) is 46.9 Å². The van der Waals surface area contributed by atoms with E-state index in [1.54, 1.807) is 0 Å². The summed E-state index contributed by atoms with van der Waals surface area (Å²) in [4.78, 5) is 4.19. The van der Waals surface area contributed by atoms with Crippen LogP contribution < -0.4 is 0 Å². The van der Waals surface area contributed by atoms with Crippen molar-refractivity contribution < 1.29 is 10.2 Å². The molecule has 0 aromatic heterocycles. The third kappa shape index (κ3) is 5.99. The minimum Gasteiger partial charge on any atom is -0.395 e. The Balaban J connectivity index is 3.86. The molecule has 0 saturated carbocycles. The first-order valence-corrected chi connectivity index (χ1v) is 4.72. The van der Waals surface area contributed by atoms with Gasteiger partial charge in [-0.1, -0.05) is 0 Å². The van der Waals surface area contributed by atoms with E-state index in [2.05, 4.69) is 16.7 Å². The van der Waals surface area contributed by atoms with Crippen molar-refractivity contribution in [3.05, 3.63) is 0 Å². The lowest BCUT2D eigenvalue weighted by Gasteiger charge is -2.29. The van der Waals surface area contributed by atoms with Gasteiger partial charge in [0.05, 0.1) is 13.2 Å². The summed E-state index contributed by atoms with van der Waals surface area (Å²) in [7, 11) is 4.04. The zero-order valence-electron chi connectivity index (χ0n) is 8.90. The summed E-state index contributed by atoms with van der Waals surface area (Å²) in [6.45, 7) is 4.62. The summed E-state index contributed by atoms with van der Waals surface area (Å²) in [5.74, 6) is 0. The van der Waals surface area contributed by atoms with E-state index in [0.29, 0.717) is 19.1 Å². The molecule has 4 nitrogen and oxygen atoms in total. The average molecular weight is 190 g/mol. The molecule has 0 aliphatic carbocycles. The molecule has 80 valence electrons. The van der Waals surface area contributed by atoms with Crippen LogP contribution in [0.5, 0.6) is 0 Å². The Kier molecular flexibility index (Phi) is 7.17. The van der Waals surface area contributed by atoms with Crippen LogP contribution in [0.4, 0.5) is 0 Å². The summed E-state index contributed by atoms with van der Waals surface area (Å²) in [6.07, 6.45) is 0. The molecule has 0 fully saturated rings. The Morgan fingerprint density at radius 1 is 1.08 bits per heavy atom. The Morgan fingerprint density at radius 3 is 1.85 bits per heavy atom. The van der Waals surface area contributed by atoms with Crippen molar-refractivity contribution in [2.45, 2.75) is 13.0 Å². The number of likely N-dealkylation sites (N-methyl/N-ethyl adjacent to an activating group) is 1. The Morgan fingerprint density at radius 2 is 1.54 bits per heavy atom. The van der Waals surface area contributed by atoms with Crippen molar-refractivity contribution in [2.75, 3.05) is 46.9 Å². The van der Waals surface area contributed by atoms with Crippen LogP contribution in [0, 0.1) is 0 Å². The van der Waals surface area contributed by atoms with Crippen molar-refractivity contribution >= 4 is 0 Å². The molecule has 0 aromatic rings. The summed E-state index contributed by atoms with van der Waals surface area (Å²) in [5.41, 5.74) is 0. The molecule has 0 aromatic carbocycles. The number of aliphatic hydroxyl groups is 2. The number of rotatable bonds is 7. The zero-order valence-corrected chi connectivity index (χ0v) is 8.90. The summed E-state index contributed by atoms with van der Waals surface area (Å²) in [5, 5.41) is 17.6. The van der Waals surface area contributed by atoms with Crippen molar-refractivity contribution in [2.24, 2.45) is 0 Å². The normalized spacial score (nSPS) is 14.1. The quantitative estimate of drug-likeness (QED) is 0.553. The van der Waals surface area contributed by atoms with E-state index < -0.39 is 0 Å². The highest BCUT2D eigenvalue weighted by Crippen LogP contribution is 1.98. The molecular formula is C9H22N2O2. The van der Waals surface area contributed by atoms with Gasteiger partial charge in [-0.15, -0.1) is 0 Å². The number of nitrogens with zero attached hydrogens (tertiary/aromatic N) is 2. The van der Waals surface area contributed by atoms with Crippen LogP contribution in [0.1, 0.15) is 6.92 Å². The van der Waals surface area contributed by atoms with E-state index in [1.165, 1.54) is 0 Å². The number of aliphatic hydroxyl groups excluding tert-OH is 2. The highest BCUT2D eigenvalue weighted by molar-refractivity contribution is 4.68. The first kappa shape index (κ1) is 12.8. The van der Waals surface area contributed by atoms with E-state index in [9.17, 15) is 0 Å². The highest BCUT2D eigenvalue weighted by atomic mass is 16.3. The molecule has 1 unspecified atom stereocenters. The van der Waals surface area contributed by atoms with Crippen molar-refractivity contribution in [3.63, 3.8) is 0 Å². The van der Waals surface area contributed by atoms with Gasteiger partial charge in [-0.2, -0.15) is 0 Å². The minimum atomic E-state index is 0.151. The van der Waals surface area contributed by atoms with Gasteiger partial charge in [-0.3, -0.25) is 4.90 Å². The molecule has 0 rings (SSSR count). The Bertz CT molecular complexity index is 114. The molecule has 0 aliphatic heterocycles. The van der Waals surface area contributed by atoms with Gasteiger partial charge in [0, 0.05) is 25.7 Å². The lowest BCUT2D eigenvalue weighted by atomic mass is 10.2. The van der Waals surface area contributed by atoms with Crippen molar-refractivity contribution in [3.8, 4) is 0 Å². The van der Waals surface area contributed by atoms with Crippen LogP contribution in [0.2, 0.25) is 0 Å². The summed E-state index contributed by atoms with van der Waals surface area (Å²) in [6, 6.07) is 0.370. The number of hydrogen-bond acceptors (Lipinski definition) is 4. The maximum Gasteiger partial charge on any atom is 0.0558 e. The van der Waals surface area contributed by atoms with Crippen LogP contribution in [0.3, 0.4) is 0 Å². The van der Waals surface area contributed by atoms with Gasteiger partial charge in [0.1, 0.15) is 0 Å². The van der Waals surface area contributed by atoms with E-state index in [1.807, 2.05) is 14.1 Å². The molecule has 2 N–H and O–H groups in total. The van der Waals surface area contributed by atoms with Gasteiger partial charge in [0.25, 0.3) is 0 Å². The molecule has 13 heavy (non-hydrogen) atoms. The maximum absolute atomic E-state index is 8.81. The third-order valence-electron chi connectivity index (χ3n) is 2.03. The lowest BCUT2D eigenvalue weighted by molar-refractivity contribution is 0.114. The summed E-state index contributed by atoms with van der Waals surface area (Å²) < 4.78 is 0. The molecular weight excluding hydrogens is 168 g/mol. The third-order valence-corrected chi connectivity index (χ3v) is 2.03. The Labute approximate surface area is 80.8 Å². The summed E-state index contributed by atoms with van der Waals surface area (Å²) >= 11 is 0. The second kappa shape index (κ2) is 7.26. The fourth-order valence-corrected chi connectivity index (χ4v) is 1.45. The molecule has 4 heteroatoms. The SMILES string of the molecule is CC(CN(C)C)N(CCO)CCO. The molecule has 1 atom stereocenters. The smallest absolute Gasteiger partial charge is 0.0558 e. The van der Waals surface area contributed by atoms with Gasteiger partial charge >= 0.3 is 0 Å². The van der Waals surface area contributed by atoms with Gasteiger partial charge in [0.2, 0.25) is 0 Å². The molecule has 0 aliphatic rings. The fraction of sp³-hybridized carbons (Fsp3) is 1.00. The zero-order chi connectivity index (χ0) is 10.3. The van der Waals surface area contributed by atoms with Crippen molar-refractivity contribution in [1.29, 1.82) is 0 Å². The van der Waals surface area contributed by atoms with Crippen LogP contribution in [0.15, 0.2) is 0 Å². The van der Waals surface area contributed by atoms with Crippen molar-refractivity contribution in [1.82, 2.24) is 9.80 Å². The van der Waals surface area contributed by atoms with Gasteiger partial charge < -0.3 is 15.1 Å². The average Bonchev–Trinajstić information content (AvgIpc) is 2.02. The Hall–Kier alpha value is -0.160. The fourth-order valence-electron chi connectivity index (χ4n) is 1.45. The molecule has 0 amide bonds. The van der Waals surface area contributed by atoms with E-state index in [-0.39, 0.29) is 13.2 Å². The molecule has 0 spiro atoms. The predicted octanol–water partition coefficient (Wildman–Crippen LogP) is -0.777. The lowest BCUT2D eigenvalue weighted by Crippen LogP contribution is -2.42. The van der Waals surface area contributed by atoms with E-state index in [4.69, 9.17) is 10.2 Å². The first-order valence-electron chi connectivity index (χ1n) is 4.72. The molecule has 0 bridgehead atoms. The van der Waals surface area contributed by atoms with Crippen LogP contribution in [0.25, 0.3) is 0 Å². The second-order valence-electron chi connectivity index (χ2n) is 3.59.